The molecule has 0 amide bonds. The number of benzene rings is 1. The summed E-state index contributed by atoms with van der Waals surface area (Å²) in [6.45, 7) is 1.60. The second-order valence-electron chi connectivity index (χ2n) is 6.79. The van der Waals surface area contributed by atoms with Crippen LogP contribution in [0.4, 0.5) is 29.2 Å². The predicted molar refractivity (Wildman–Crippen MR) is 106 cm³/mol. The van der Waals surface area contributed by atoms with Crippen LogP contribution in [-0.4, -0.2) is 22.8 Å². The summed E-state index contributed by atoms with van der Waals surface area (Å²) >= 11 is 6.12. The summed E-state index contributed by atoms with van der Waals surface area (Å²) in [5.41, 5.74) is 0.680. The van der Waals surface area contributed by atoms with Crippen molar-refractivity contribution < 1.29 is 22.3 Å². The highest BCUT2D eigenvalue weighted by molar-refractivity contribution is 6.31. The average Bonchev–Trinajstić information content (AvgIpc) is 2.66. The van der Waals surface area contributed by atoms with Gasteiger partial charge in [-0.2, -0.15) is 18.2 Å². The number of hydrogen-bond donors (Lipinski definition) is 1. The Morgan fingerprint density at radius 1 is 1.37 bits per heavy atom. The zero-order valence-corrected chi connectivity index (χ0v) is 16.8. The van der Waals surface area contributed by atoms with Crippen LogP contribution in [0.5, 0.6) is 5.75 Å². The van der Waals surface area contributed by atoms with Gasteiger partial charge in [-0.15, -0.1) is 0 Å². The number of methoxy groups -OCH3 is 1. The van der Waals surface area contributed by atoms with Gasteiger partial charge in [-0.05, 0) is 36.3 Å². The monoisotopic (exact) mass is 443 g/mol. The average molecular weight is 444 g/mol. The molecule has 0 saturated heterocycles. The largest absolute Gasteiger partial charge is 0.490 e. The Balaban J connectivity index is 2.02. The first kappa shape index (κ1) is 21.9. The lowest BCUT2D eigenvalue weighted by Crippen LogP contribution is -2.24. The maximum absolute atomic E-state index is 13.9. The first-order valence-electron chi connectivity index (χ1n) is 8.89. The molecule has 160 valence electrons. The Bertz CT molecular complexity index is 1080. The molecule has 1 heterocycles. The van der Waals surface area contributed by atoms with Crippen molar-refractivity contribution in [1.29, 1.82) is 0 Å². The van der Waals surface area contributed by atoms with Gasteiger partial charge in [0, 0.05) is 17.1 Å². The van der Waals surface area contributed by atoms with Crippen molar-refractivity contribution in [2.24, 2.45) is 5.92 Å². The van der Waals surface area contributed by atoms with Gasteiger partial charge in [0.1, 0.15) is 5.83 Å². The highest BCUT2D eigenvalue weighted by atomic mass is 35.5. The Morgan fingerprint density at radius 3 is 2.77 bits per heavy atom. The van der Waals surface area contributed by atoms with Crippen LogP contribution in [0.3, 0.4) is 0 Å². The van der Waals surface area contributed by atoms with Crippen LogP contribution in [0.25, 0.3) is 0 Å². The molecule has 2 aromatic rings. The van der Waals surface area contributed by atoms with Crippen molar-refractivity contribution in [3.8, 4) is 5.75 Å². The summed E-state index contributed by atoms with van der Waals surface area (Å²) in [5.74, 6) is -2.83. The molecule has 1 aliphatic carbocycles. The topological polar surface area (TPSA) is 56.1 Å². The van der Waals surface area contributed by atoms with Gasteiger partial charge >= 0.3 is 11.7 Å². The molecule has 5 nitrogen and oxygen atoms in total. The smallest absolute Gasteiger partial charge is 0.395 e. The summed E-state index contributed by atoms with van der Waals surface area (Å²) < 4.78 is 59.5. The van der Waals surface area contributed by atoms with Crippen LogP contribution in [-0.2, 0) is 6.54 Å². The van der Waals surface area contributed by atoms with E-state index in [1.165, 1.54) is 17.9 Å². The number of nitrogens with one attached hydrogen (secondary N) is 1. The third-order valence-corrected chi connectivity index (χ3v) is 5.05. The third kappa shape index (κ3) is 4.84. The summed E-state index contributed by atoms with van der Waals surface area (Å²) in [5, 5.41) is 3.45. The molecule has 1 N–H and O–H groups in total. The van der Waals surface area contributed by atoms with E-state index in [1.54, 1.807) is 25.1 Å². The second kappa shape index (κ2) is 8.51. The van der Waals surface area contributed by atoms with Crippen molar-refractivity contribution in [1.82, 2.24) is 9.55 Å². The summed E-state index contributed by atoms with van der Waals surface area (Å²) in [4.78, 5) is 16.1. The molecule has 0 aliphatic heterocycles. The van der Waals surface area contributed by atoms with E-state index >= 15 is 0 Å². The molecule has 0 radical (unpaired) electrons. The number of allylic oxidation sites excluding steroid dienone is 4. The lowest BCUT2D eigenvalue weighted by atomic mass is 9.94. The zero-order chi connectivity index (χ0) is 22.1. The van der Waals surface area contributed by atoms with Crippen LogP contribution in [0.1, 0.15) is 12.0 Å². The van der Waals surface area contributed by atoms with Crippen molar-refractivity contribution in [2.75, 3.05) is 12.4 Å². The Kier molecular flexibility index (Phi) is 6.21. The van der Waals surface area contributed by atoms with Crippen molar-refractivity contribution >= 4 is 23.2 Å². The van der Waals surface area contributed by atoms with E-state index in [-0.39, 0.29) is 23.8 Å². The number of anilines is 2. The van der Waals surface area contributed by atoms with Gasteiger partial charge < -0.3 is 14.6 Å². The lowest BCUT2D eigenvalue weighted by Gasteiger charge is -2.22. The summed E-state index contributed by atoms with van der Waals surface area (Å²) in [6.07, 6.45) is -1.95. The standard InChI is InChI=1S/C20H18ClF4N3O2/c1-11-15(21)4-3-5-16(11)26-19-27-18(29)17(30-2)10-28(19)9-12-6-13(20(23,24)25)8-14(22)7-12/h3-7,10,13H,8-9H2,1-2H3,(H,26,27,29). The fraction of sp³-hybridized carbons (Fsp3) is 0.300. The third-order valence-electron chi connectivity index (χ3n) is 4.64. The van der Waals surface area contributed by atoms with Gasteiger partial charge in [-0.1, -0.05) is 23.7 Å². The fourth-order valence-electron chi connectivity index (χ4n) is 3.04. The van der Waals surface area contributed by atoms with Crippen molar-refractivity contribution in [2.45, 2.75) is 26.1 Å². The maximum atomic E-state index is 13.9. The van der Waals surface area contributed by atoms with Gasteiger partial charge in [0.05, 0.1) is 25.8 Å². The predicted octanol–water partition coefficient (Wildman–Crippen LogP) is 5.32. The Hall–Kier alpha value is -2.81. The fourth-order valence-corrected chi connectivity index (χ4v) is 3.21. The van der Waals surface area contributed by atoms with E-state index in [0.29, 0.717) is 16.3 Å². The molecule has 1 unspecified atom stereocenters. The van der Waals surface area contributed by atoms with Crippen LogP contribution in [0, 0.1) is 12.8 Å². The molecule has 1 atom stereocenters. The number of hydrogen-bond acceptors (Lipinski definition) is 4. The van der Waals surface area contributed by atoms with Crippen LogP contribution >= 0.6 is 11.6 Å². The minimum absolute atomic E-state index is 0.0509. The van der Waals surface area contributed by atoms with E-state index in [4.69, 9.17) is 16.3 Å². The first-order chi connectivity index (χ1) is 14.1. The van der Waals surface area contributed by atoms with Gasteiger partial charge in [0.2, 0.25) is 11.7 Å². The summed E-state index contributed by atoms with van der Waals surface area (Å²) in [6, 6.07) is 5.09. The van der Waals surface area contributed by atoms with Crippen molar-refractivity contribution in [3.05, 3.63) is 68.9 Å². The van der Waals surface area contributed by atoms with Gasteiger partial charge in [-0.3, -0.25) is 4.79 Å². The zero-order valence-electron chi connectivity index (χ0n) is 16.1. The molecule has 0 bridgehead atoms. The summed E-state index contributed by atoms with van der Waals surface area (Å²) in [7, 11) is 1.27. The molecule has 10 heteroatoms. The number of aromatic nitrogens is 2. The van der Waals surface area contributed by atoms with E-state index in [1.807, 2.05) is 0 Å². The minimum Gasteiger partial charge on any atom is -0.490 e. The molecule has 3 rings (SSSR count). The molecule has 30 heavy (non-hydrogen) atoms. The molecular weight excluding hydrogens is 426 g/mol. The number of rotatable bonds is 5. The molecule has 0 saturated carbocycles. The number of halogens is 5. The number of alkyl halides is 3. The highest BCUT2D eigenvalue weighted by Crippen LogP contribution is 2.37. The molecule has 0 fully saturated rings. The van der Waals surface area contributed by atoms with Gasteiger partial charge in [0.15, 0.2) is 0 Å². The first-order valence-corrected chi connectivity index (χ1v) is 9.27. The molecule has 1 aliphatic rings. The number of ether oxygens (including phenoxy) is 1. The molecule has 1 aromatic heterocycles. The van der Waals surface area contributed by atoms with E-state index in [2.05, 4.69) is 10.3 Å². The number of nitrogens with zero attached hydrogens (tertiary/aromatic N) is 2. The van der Waals surface area contributed by atoms with Crippen LogP contribution in [0.15, 0.2) is 52.7 Å². The highest BCUT2D eigenvalue weighted by Gasteiger charge is 2.40. The normalized spacial score (nSPS) is 16.7. The minimum atomic E-state index is -4.56. The van der Waals surface area contributed by atoms with Gasteiger partial charge in [-0.25, -0.2) is 4.39 Å². The van der Waals surface area contributed by atoms with Crippen molar-refractivity contribution in [3.63, 3.8) is 0 Å². The lowest BCUT2D eigenvalue weighted by molar-refractivity contribution is -0.162. The second-order valence-corrected chi connectivity index (χ2v) is 7.20. The van der Waals surface area contributed by atoms with E-state index in [9.17, 15) is 22.4 Å². The SMILES string of the molecule is COc1cn(CC2=CC(C(F)(F)F)CC(F)=C2)c(Nc2cccc(Cl)c2C)nc1=O. The van der Waals surface area contributed by atoms with E-state index in [0.717, 1.165) is 12.2 Å². The van der Waals surface area contributed by atoms with Crippen LogP contribution in [0.2, 0.25) is 5.02 Å². The molecule has 0 spiro atoms. The Morgan fingerprint density at radius 2 is 2.10 bits per heavy atom. The van der Waals surface area contributed by atoms with Gasteiger partial charge in [0.25, 0.3) is 0 Å². The van der Waals surface area contributed by atoms with E-state index < -0.39 is 29.9 Å². The van der Waals surface area contributed by atoms with Crippen LogP contribution < -0.4 is 15.6 Å². The maximum Gasteiger partial charge on any atom is 0.395 e. The molecular formula is C20H18ClF4N3O2. The Labute approximate surface area is 174 Å². The molecule has 1 aromatic carbocycles. The quantitative estimate of drug-likeness (QED) is 0.635.